The van der Waals surface area contributed by atoms with E-state index in [4.69, 9.17) is 16.3 Å². The van der Waals surface area contributed by atoms with Gasteiger partial charge in [-0.05, 0) is 48.7 Å². The molecule has 0 aliphatic carbocycles. The maximum atomic E-state index is 12.3. The van der Waals surface area contributed by atoms with Crippen LogP contribution in [-0.2, 0) is 24.4 Å². The second-order valence-corrected chi connectivity index (χ2v) is 9.23. The van der Waals surface area contributed by atoms with Crippen molar-refractivity contribution in [3.05, 3.63) is 69.3 Å². The molecule has 0 atom stereocenters. The maximum Gasteiger partial charge on any atom is 0.226 e. The third-order valence-electron chi connectivity index (χ3n) is 5.35. The third-order valence-corrected chi connectivity index (χ3v) is 6.47. The van der Waals surface area contributed by atoms with Crippen molar-refractivity contribution in [2.24, 2.45) is 0 Å². The molecule has 0 saturated carbocycles. The second-order valence-electron chi connectivity index (χ2n) is 7.85. The SMILES string of the molecule is O=C(Cc1csc(COc2ccc(Cl)cc2)n1)NCc1ccc(N2CCCCCC2)nc1. The number of rotatable bonds is 8. The molecule has 6 nitrogen and oxygen atoms in total. The fourth-order valence-electron chi connectivity index (χ4n) is 3.61. The molecule has 1 fully saturated rings. The maximum absolute atomic E-state index is 12.3. The standard InChI is InChI=1S/C24H27ClN4O2S/c25-19-6-8-21(9-7-19)31-16-24-28-20(17-32-24)13-23(30)27-15-18-5-10-22(26-14-18)29-11-3-1-2-4-12-29/h5-10,14,17H,1-4,11-13,15-16H2,(H,27,30). The molecule has 0 unspecified atom stereocenters. The molecule has 1 N–H and O–H groups in total. The summed E-state index contributed by atoms with van der Waals surface area (Å²) < 4.78 is 5.71. The molecule has 1 aliphatic rings. The minimum absolute atomic E-state index is 0.0583. The molecule has 3 aromatic rings. The molecule has 1 amide bonds. The number of halogens is 1. The Labute approximate surface area is 197 Å². The number of carbonyl (C=O) groups excluding carboxylic acids is 1. The first-order valence-corrected chi connectivity index (χ1v) is 12.2. The van der Waals surface area contributed by atoms with Gasteiger partial charge in [-0.15, -0.1) is 11.3 Å². The van der Waals surface area contributed by atoms with Gasteiger partial charge in [0, 0.05) is 36.2 Å². The van der Waals surface area contributed by atoms with Crippen LogP contribution in [0, 0.1) is 0 Å². The Morgan fingerprint density at radius 1 is 1.09 bits per heavy atom. The fraction of sp³-hybridized carbons (Fsp3) is 0.375. The number of benzene rings is 1. The Hall–Kier alpha value is -2.64. The number of hydrogen-bond acceptors (Lipinski definition) is 6. The number of amides is 1. The van der Waals surface area contributed by atoms with Gasteiger partial charge >= 0.3 is 0 Å². The van der Waals surface area contributed by atoms with Crippen LogP contribution < -0.4 is 15.0 Å². The lowest BCUT2D eigenvalue weighted by Crippen LogP contribution is -2.26. The van der Waals surface area contributed by atoms with E-state index in [-0.39, 0.29) is 12.3 Å². The molecule has 0 bridgehead atoms. The van der Waals surface area contributed by atoms with Crippen LogP contribution >= 0.6 is 22.9 Å². The van der Waals surface area contributed by atoms with Gasteiger partial charge in [0.05, 0.1) is 12.1 Å². The number of pyridine rings is 1. The van der Waals surface area contributed by atoms with Gasteiger partial charge < -0.3 is 15.0 Å². The van der Waals surface area contributed by atoms with Crippen molar-refractivity contribution in [2.45, 2.75) is 45.3 Å². The van der Waals surface area contributed by atoms with Crippen molar-refractivity contribution in [3.63, 3.8) is 0 Å². The summed E-state index contributed by atoms with van der Waals surface area (Å²) in [5, 5.41) is 6.36. The molecule has 3 heterocycles. The summed E-state index contributed by atoms with van der Waals surface area (Å²) in [6.45, 7) is 2.97. The van der Waals surface area contributed by atoms with Gasteiger partial charge in [-0.25, -0.2) is 9.97 Å². The molecule has 2 aromatic heterocycles. The van der Waals surface area contributed by atoms with Gasteiger partial charge in [0.25, 0.3) is 0 Å². The van der Waals surface area contributed by atoms with Crippen LogP contribution in [0.4, 0.5) is 5.82 Å². The summed E-state index contributed by atoms with van der Waals surface area (Å²) in [6.07, 6.45) is 7.16. The summed E-state index contributed by atoms with van der Waals surface area (Å²) in [4.78, 5) is 23.8. The third kappa shape index (κ3) is 6.68. The van der Waals surface area contributed by atoms with Crippen molar-refractivity contribution in [2.75, 3.05) is 18.0 Å². The van der Waals surface area contributed by atoms with Crippen LogP contribution in [0.25, 0.3) is 0 Å². The molecule has 32 heavy (non-hydrogen) atoms. The Morgan fingerprint density at radius 3 is 2.59 bits per heavy atom. The number of nitrogens with zero attached hydrogens (tertiary/aromatic N) is 3. The van der Waals surface area contributed by atoms with Crippen molar-refractivity contribution >= 4 is 34.7 Å². The Morgan fingerprint density at radius 2 is 1.88 bits per heavy atom. The summed E-state index contributed by atoms with van der Waals surface area (Å²) in [7, 11) is 0. The number of carbonyl (C=O) groups is 1. The van der Waals surface area contributed by atoms with Gasteiger partial charge in [0.2, 0.25) is 5.91 Å². The highest BCUT2D eigenvalue weighted by Crippen LogP contribution is 2.19. The first-order chi connectivity index (χ1) is 15.7. The van der Waals surface area contributed by atoms with Crippen LogP contribution in [0.5, 0.6) is 5.75 Å². The van der Waals surface area contributed by atoms with E-state index in [2.05, 4.69) is 26.3 Å². The second kappa shape index (κ2) is 11.3. The number of thiazole rings is 1. The monoisotopic (exact) mass is 470 g/mol. The lowest BCUT2D eigenvalue weighted by Gasteiger charge is -2.21. The largest absolute Gasteiger partial charge is 0.486 e. The predicted molar refractivity (Wildman–Crippen MR) is 128 cm³/mol. The van der Waals surface area contributed by atoms with Crippen molar-refractivity contribution in [1.82, 2.24) is 15.3 Å². The highest BCUT2D eigenvalue weighted by molar-refractivity contribution is 7.09. The zero-order valence-electron chi connectivity index (χ0n) is 17.9. The van der Waals surface area contributed by atoms with E-state index in [1.165, 1.54) is 37.0 Å². The van der Waals surface area contributed by atoms with E-state index in [1.807, 2.05) is 29.8 Å². The van der Waals surface area contributed by atoms with Gasteiger partial charge in [0.1, 0.15) is 23.2 Å². The Bertz CT molecular complexity index is 1000. The van der Waals surface area contributed by atoms with Crippen LogP contribution in [0.3, 0.4) is 0 Å². The first kappa shape index (κ1) is 22.6. The van der Waals surface area contributed by atoms with Gasteiger partial charge in [0.15, 0.2) is 0 Å². The van der Waals surface area contributed by atoms with Crippen molar-refractivity contribution < 1.29 is 9.53 Å². The summed E-state index contributed by atoms with van der Waals surface area (Å²) in [5.74, 6) is 1.70. The van der Waals surface area contributed by atoms with E-state index in [9.17, 15) is 4.79 Å². The molecule has 1 aromatic carbocycles. The number of aromatic nitrogens is 2. The summed E-state index contributed by atoms with van der Waals surface area (Å²) in [5.41, 5.74) is 1.74. The van der Waals surface area contributed by atoms with Crippen LogP contribution in [0.1, 0.15) is 41.9 Å². The topological polar surface area (TPSA) is 67.3 Å². The zero-order valence-corrected chi connectivity index (χ0v) is 19.5. The van der Waals surface area contributed by atoms with E-state index in [1.54, 1.807) is 12.1 Å². The summed E-state index contributed by atoms with van der Waals surface area (Å²) in [6, 6.07) is 11.3. The van der Waals surface area contributed by atoms with Crippen LogP contribution in [-0.4, -0.2) is 29.0 Å². The van der Waals surface area contributed by atoms with Gasteiger partial charge in [-0.1, -0.05) is 30.5 Å². The molecular weight excluding hydrogens is 444 g/mol. The molecular formula is C24H27ClN4O2S. The summed E-state index contributed by atoms with van der Waals surface area (Å²) >= 11 is 7.37. The average molecular weight is 471 g/mol. The first-order valence-electron chi connectivity index (χ1n) is 10.9. The Kier molecular flexibility index (Phi) is 7.96. The average Bonchev–Trinajstić information content (AvgIpc) is 3.07. The molecule has 8 heteroatoms. The van der Waals surface area contributed by atoms with E-state index >= 15 is 0 Å². The highest BCUT2D eigenvalue weighted by Gasteiger charge is 2.12. The lowest BCUT2D eigenvalue weighted by atomic mass is 10.2. The molecule has 0 spiro atoms. The minimum atomic E-state index is -0.0583. The van der Waals surface area contributed by atoms with Gasteiger partial charge in [-0.3, -0.25) is 4.79 Å². The van der Waals surface area contributed by atoms with Crippen molar-refractivity contribution in [3.8, 4) is 5.75 Å². The van der Waals surface area contributed by atoms with E-state index in [0.717, 1.165) is 40.9 Å². The van der Waals surface area contributed by atoms with E-state index < -0.39 is 0 Å². The van der Waals surface area contributed by atoms with E-state index in [0.29, 0.717) is 18.2 Å². The lowest BCUT2D eigenvalue weighted by molar-refractivity contribution is -0.120. The predicted octanol–water partition coefficient (Wildman–Crippen LogP) is 5.01. The molecule has 168 valence electrons. The smallest absolute Gasteiger partial charge is 0.226 e. The van der Waals surface area contributed by atoms with Crippen LogP contribution in [0.15, 0.2) is 48.0 Å². The highest BCUT2D eigenvalue weighted by atomic mass is 35.5. The number of nitrogens with one attached hydrogen (secondary N) is 1. The van der Waals surface area contributed by atoms with Gasteiger partial charge in [-0.2, -0.15) is 0 Å². The Balaban J connectivity index is 1.21. The quantitative estimate of drug-likeness (QED) is 0.501. The number of anilines is 1. The number of ether oxygens (including phenoxy) is 1. The molecule has 1 saturated heterocycles. The molecule has 0 radical (unpaired) electrons. The zero-order chi connectivity index (χ0) is 22.2. The fourth-order valence-corrected chi connectivity index (χ4v) is 4.44. The molecule has 4 rings (SSSR count). The number of hydrogen-bond donors (Lipinski definition) is 1. The molecule has 1 aliphatic heterocycles. The van der Waals surface area contributed by atoms with Crippen molar-refractivity contribution in [1.29, 1.82) is 0 Å². The normalized spacial score (nSPS) is 14.1. The van der Waals surface area contributed by atoms with Crippen LogP contribution in [0.2, 0.25) is 5.02 Å². The minimum Gasteiger partial charge on any atom is -0.486 e.